The second kappa shape index (κ2) is 6.08. The highest BCUT2D eigenvalue weighted by molar-refractivity contribution is 5.97. The van der Waals surface area contributed by atoms with Gasteiger partial charge in [0, 0.05) is 42.5 Å². The Morgan fingerprint density at radius 1 is 1.22 bits per heavy atom. The van der Waals surface area contributed by atoms with E-state index in [2.05, 4.69) is 44.9 Å². The summed E-state index contributed by atoms with van der Waals surface area (Å²) in [5.41, 5.74) is 3.88. The summed E-state index contributed by atoms with van der Waals surface area (Å²) in [6, 6.07) is 4.18. The van der Waals surface area contributed by atoms with Gasteiger partial charge >= 0.3 is 5.97 Å². The summed E-state index contributed by atoms with van der Waals surface area (Å²) in [5.74, 6) is -0.396. The molecule has 27 heavy (non-hydrogen) atoms. The van der Waals surface area contributed by atoms with E-state index in [1.165, 1.54) is 10.7 Å². The molecule has 0 aliphatic heterocycles. The molecule has 0 aliphatic carbocycles. The summed E-state index contributed by atoms with van der Waals surface area (Å²) in [5, 5.41) is 17.7. The molecule has 4 heterocycles. The summed E-state index contributed by atoms with van der Waals surface area (Å²) in [4.78, 5) is 20.8. The fourth-order valence-electron chi connectivity index (χ4n) is 3.26. The van der Waals surface area contributed by atoms with Crippen LogP contribution in [0.15, 0.2) is 30.7 Å². The Labute approximate surface area is 155 Å². The number of aryl methyl sites for hydroxylation is 1. The van der Waals surface area contributed by atoms with Crippen LogP contribution in [0, 0.1) is 6.92 Å². The lowest BCUT2D eigenvalue weighted by atomic mass is 10.1. The SMILES string of the molecule is CNc1cc(-c2cn(C(C)C)c3ncc(C)cc23)nc2c(C(=O)O)cnn12. The fraction of sp³-hybridized carbons (Fsp3) is 0.263. The number of hydrogen-bond donors (Lipinski definition) is 2. The van der Waals surface area contributed by atoms with Gasteiger partial charge in [0.15, 0.2) is 5.65 Å². The molecule has 0 atom stereocenters. The lowest BCUT2D eigenvalue weighted by Crippen LogP contribution is -2.04. The second-order valence-corrected chi connectivity index (χ2v) is 6.80. The maximum absolute atomic E-state index is 11.5. The monoisotopic (exact) mass is 364 g/mol. The topological polar surface area (TPSA) is 97.3 Å². The molecule has 0 amide bonds. The Bertz CT molecular complexity index is 1190. The predicted octanol–water partition coefficient (Wildman–Crippen LogP) is 3.38. The van der Waals surface area contributed by atoms with Gasteiger partial charge in [-0.15, -0.1) is 0 Å². The van der Waals surface area contributed by atoms with Crippen molar-refractivity contribution in [2.45, 2.75) is 26.8 Å². The van der Waals surface area contributed by atoms with Crippen molar-refractivity contribution in [1.82, 2.24) is 24.1 Å². The first-order valence-electron chi connectivity index (χ1n) is 8.68. The summed E-state index contributed by atoms with van der Waals surface area (Å²) in [7, 11) is 1.77. The van der Waals surface area contributed by atoms with E-state index in [0.29, 0.717) is 17.2 Å². The molecule has 138 valence electrons. The Hall–Kier alpha value is -3.42. The Kier molecular flexibility index (Phi) is 3.83. The minimum atomic E-state index is -1.06. The molecule has 4 aromatic rings. The zero-order valence-electron chi connectivity index (χ0n) is 15.6. The van der Waals surface area contributed by atoms with E-state index < -0.39 is 5.97 Å². The highest BCUT2D eigenvalue weighted by Gasteiger charge is 2.19. The lowest BCUT2D eigenvalue weighted by molar-refractivity contribution is 0.0699. The molecule has 0 bridgehead atoms. The van der Waals surface area contributed by atoms with Crippen molar-refractivity contribution in [3.05, 3.63) is 41.9 Å². The number of anilines is 1. The van der Waals surface area contributed by atoms with Gasteiger partial charge in [-0.25, -0.2) is 14.8 Å². The number of aromatic carboxylic acids is 1. The van der Waals surface area contributed by atoms with Crippen molar-refractivity contribution in [2.75, 3.05) is 12.4 Å². The van der Waals surface area contributed by atoms with Gasteiger partial charge in [0.25, 0.3) is 0 Å². The molecule has 0 aliphatic rings. The molecular weight excluding hydrogens is 344 g/mol. The number of nitrogens with one attached hydrogen (secondary N) is 1. The van der Waals surface area contributed by atoms with E-state index >= 15 is 0 Å². The molecule has 0 aromatic carbocycles. The Morgan fingerprint density at radius 3 is 2.67 bits per heavy atom. The molecule has 4 rings (SSSR count). The van der Waals surface area contributed by atoms with Gasteiger partial charge in [0.05, 0.1) is 11.9 Å². The van der Waals surface area contributed by atoms with Crippen molar-refractivity contribution in [1.29, 1.82) is 0 Å². The first-order chi connectivity index (χ1) is 12.9. The molecule has 0 saturated carbocycles. The van der Waals surface area contributed by atoms with Crippen molar-refractivity contribution >= 4 is 28.5 Å². The normalized spacial score (nSPS) is 11.6. The lowest BCUT2D eigenvalue weighted by Gasteiger charge is -2.08. The van der Waals surface area contributed by atoms with Crippen molar-refractivity contribution < 1.29 is 9.90 Å². The van der Waals surface area contributed by atoms with Crippen molar-refractivity contribution in [3.63, 3.8) is 0 Å². The van der Waals surface area contributed by atoms with Crippen LogP contribution in [0.3, 0.4) is 0 Å². The van der Waals surface area contributed by atoms with E-state index in [-0.39, 0.29) is 11.6 Å². The molecule has 8 nitrogen and oxygen atoms in total. The first-order valence-corrected chi connectivity index (χ1v) is 8.68. The van der Waals surface area contributed by atoms with Gasteiger partial charge < -0.3 is 15.0 Å². The standard InChI is InChI=1S/C19H20N6O2/c1-10(2)24-9-14(12-5-11(3)7-21-17(12)24)15-6-16(20-4)25-18(23-15)13(8-22-25)19(26)27/h5-10,20H,1-4H3,(H,26,27). The third-order valence-electron chi connectivity index (χ3n) is 4.60. The van der Waals surface area contributed by atoms with Crippen LogP contribution in [0.25, 0.3) is 27.9 Å². The fourth-order valence-corrected chi connectivity index (χ4v) is 3.26. The average Bonchev–Trinajstić information content (AvgIpc) is 3.21. The van der Waals surface area contributed by atoms with Gasteiger partial charge in [-0.05, 0) is 32.4 Å². The number of carbonyl (C=O) groups is 1. The van der Waals surface area contributed by atoms with Crippen LogP contribution >= 0.6 is 0 Å². The maximum atomic E-state index is 11.5. The number of hydrogen-bond acceptors (Lipinski definition) is 5. The van der Waals surface area contributed by atoms with Crippen LogP contribution in [0.2, 0.25) is 0 Å². The molecule has 8 heteroatoms. The number of nitrogens with zero attached hydrogens (tertiary/aromatic N) is 5. The summed E-state index contributed by atoms with van der Waals surface area (Å²) < 4.78 is 3.60. The van der Waals surface area contributed by atoms with E-state index in [1.54, 1.807) is 7.05 Å². The molecule has 0 spiro atoms. The van der Waals surface area contributed by atoms with Gasteiger partial charge in [-0.3, -0.25) is 0 Å². The molecule has 0 unspecified atom stereocenters. The van der Waals surface area contributed by atoms with Gasteiger partial charge in [-0.1, -0.05) is 0 Å². The van der Waals surface area contributed by atoms with Crippen molar-refractivity contribution in [2.24, 2.45) is 0 Å². The zero-order chi connectivity index (χ0) is 19.3. The van der Waals surface area contributed by atoms with E-state index in [4.69, 9.17) is 0 Å². The quantitative estimate of drug-likeness (QED) is 0.576. The van der Waals surface area contributed by atoms with Gasteiger partial charge in [0.2, 0.25) is 0 Å². The Morgan fingerprint density at radius 2 is 2.00 bits per heavy atom. The van der Waals surface area contributed by atoms with E-state index in [0.717, 1.165) is 22.2 Å². The molecule has 4 aromatic heterocycles. The third kappa shape index (κ3) is 2.61. The second-order valence-electron chi connectivity index (χ2n) is 6.80. The number of carboxylic acid groups (broad SMARTS) is 1. The minimum Gasteiger partial charge on any atom is -0.477 e. The van der Waals surface area contributed by atoms with Gasteiger partial charge in [-0.2, -0.15) is 9.61 Å². The summed E-state index contributed by atoms with van der Waals surface area (Å²) in [6.45, 7) is 6.19. The molecule has 0 radical (unpaired) electrons. The predicted molar refractivity (Wildman–Crippen MR) is 103 cm³/mol. The van der Waals surface area contributed by atoms with Crippen molar-refractivity contribution in [3.8, 4) is 11.3 Å². The average molecular weight is 364 g/mol. The number of pyridine rings is 1. The van der Waals surface area contributed by atoms with Crippen LogP contribution in [-0.4, -0.2) is 42.3 Å². The molecule has 0 fully saturated rings. The number of fused-ring (bicyclic) bond motifs is 2. The van der Waals surface area contributed by atoms with Crippen LogP contribution in [0.5, 0.6) is 0 Å². The summed E-state index contributed by atoms with van der Waals surface area (Å²) >= 11 is 0. The first kappa shape index (κ1) is 17.0. The van der Waals surface area contributed by atoms with E-state index in [9.17, 15) is 9.90 Å². The van der Waals surface area contributed by atoms with Crippen LogP contribution in [0.4, 0.5) is 5.82 Å². The van der Waals surface area contributed by atoms with Crippen LogP contribution in [-0.2, 0) is 0 Å². The number of carboxylic acids is 1. The minimum absolute atomic E-state index is 0.0650. The number of rotatable bonds is 4. The Balaban J connectivity index is 2.06. The van der Waals surface area contributed by atoms with E-state index in [1.807, 2.05) is 25.4 Å². The summed E-state index contributed by atoms with van der Waals surface area (Å²) in [6.07, 6.45) is 5.19. The maximum Gasteiger partial charge on any atom is 0.341 e. The smallest absolute Gasteiger partial charge is 0.341 e. The molecule has 0 saturated heterocycles. The molecule has 2 N–H and O–H groups in total. The van der Waals surface area contributed by atoms with Gasteiger partial charge in [0.1, 0.15) is 17.0 Å². The highest BCUT2D eigenvalue weighted by Crippen LogP contribution is 2.33. The van der Waals surface area contributed by atoms with Crippen LogP contribution < -0.4 is 5.32 Å². The third-order valence-corrected chi connectivity index (χ3v) is 4.60. The molecular formula is C19H20N6O2. The number of aromatic nitrogens is 5. The largest absolute Gasteiger partial charge is 0.477 e. The zero-order valence-corrected chi connectivity index (χ0v) is 15.6. The van der Waals surface area contributed by atoms with Crippen LogP contribution in [0.1, 0.15) is 35.8 Å². The highest BCUT2D eigenvalue weighted by atomic mass is 16.4.